The summed E-state index contributed by atoms with van der Waals surface area (Å²) in [5.74, 6) is 1.16. The summed E-state index contributed by atoms with van der Waals surface area (Å²) in [5, 5.41) is 0. The first-order valence-electron chi connectivity index (χ1n) is 6.23. The van der Waals surface area contributed by atoms with Gasteiger partial charge in [0.2, 0.25) is 0 Å². The highest BCUT2D eigenvalue weighted by atomic mass is 14.9. The van der Waals surface area contributed by atoms with Crippen molar-refractivity contribution in [1.29, 1.82) is 0 Å². The minimum atomic E-state index is 0.323. The van der Waals surface area contributed by atoms with Gasteiger partial charge in [0, 0.05) is 6.42 Å². The van der Waals surface area contributed by atoms with E-state index in [0.29, 0.717) is 11.6 Å². The molecule has 0 aliphatic heterocycles. The predicted octanol–water partition coefficient (Wildman–Crippen LogP) is 3.08. The van der Waals surface area contributed by atoms with Crippen molar-refractivity contribution in [3.63, 3.8) is 0 Å². The number of nitrogens with zero attached hydrogens (tertiary/aromatic N) is 2. The van der Waals surface area contributed by atoms with E-state index < -0.39 is 0 Å². The van der Waals surface area contributed by atoms with E-state index in [1.165, 1.54) is 11.1 Å². The van der Waals surface area contributed by atoms with Crippen LogP contribution in [0.4, 0.5) is 5.69 Å². The maximum atomic E-state index is 5.88. The molecule has 0 saturated heterocycles. The highest BCUT2D eigenvalue weighted by Crippen LogP contribution is 2.19. The van der Waals surface area contributed by atoms with Crippen LogP contribution in [0.15, 0.2) is 30.5 Å². The molecule has 94 valence electrons. The zero-order chi connectivity index (χ0) is 13.1. The number of anilines is 1. The second-order valence-corrected chi connectivity index (χ2v) is 4.95. The molecule has 0 radical (unpaired) electrons. The molecule has 0 amide bonds. The van der Waals surface area contributed by atoms with Gasteiger partial charge < -0.3 is 5.73 Å². The van der Waals surface area contributed by atoms with Crippen molar-refractivity contribution >= 4 is 5.69 Å². The summed E-state index contributed by atoms with van der Waals surface area (Å²) in [5.41, 5.74) is 9.99. The average Bonchev–Trinajstić information content (AvgIpc) is 2.31. The van der Waals surface area contributed by atoms with Crippen LogP contribution in [0.25, 0.3) is 0 Å². The summed E-state index contributed by atoms with van der Waals surface area (Å²) in [6.45, 7) is 6.27. The minimum Gasteiger partial charge on any atom is -0.396 e. The van der Waals surface area contributed by atoms with E-state index in [4.69, 9.17) is 5.73 Å². The third kappa shape index (κ3) is 2.86. The fraction of sp³-hybridized carbons (Fsp3) is 0.333. The average molecular weight is 241 g/mol. The molecule has 0 saturated carbocycles. The van der Waals surface area contributed by atoms with Crippen LogP contribution in [0, 0.1) is 6.92 Å². The molecule has 0 bridgehead atoms. The Morgan fingerprint density at radius 1 is 1.28 bits per heavy atom. The lowest BCUT2D eigenvalue weighted by Crippen LogP contribution is -2.06. The SMILES string of the molecule is Cc1cccc(Cc2ncc(N)c(C(C)C)n2)c1. The van der Waals surface area contributed by atoms with Crippen LogP contribution in [0.3, 0.4) is 0 Å². The van der Waals surface area contributed by atoms with E-state index in [1.54, 1.807) is 6.20 Å². The van der Waals surface area contributed by atoms with Crippen LogP contribution in [0.5, 0.6) is 0 Å². The third-order valence-electron chi connectivity index (χ3n) is 2.89. The van der Waals surface area contributed by atoms with Crippen molar-refractivity contribution in [1.82, 2.24) is 9.97 Å². The second kappa shape index (κ2) is 5.17. The topological polar surface area (TPSA) is 51.8 Å². The van der Waals surface area contributed by atoms with Crippen LogP contribution < -0.4 is 5.73 Å². The zero-order valence-electron chi connectivity index (χ0n) is 11.1. The first-order chi connectivity index (χ1) is 8.56. The fourth-order valence-corrected chi connectivity index (χ4v) is 1.99. The Hall–Kier alpha value is -1.90. The van der Waals surface area contributed by atoms with E-state index in [-0.39, 0.29) is 0 Å². The number of nitrogen functional groups attached to an aromatic ring is 1. The molecule has 0 spiro atoms. The maximum absolute atomic E-state index is 5.88. The molecule has 0 aliphatic rings. The zero-order valence-corrected chi connectivity index (χ0v) is 11.1. The highest BCUT2D eigenvalue weighted by molar-refractivity contribution is 5.42. The normalized spacial score (nSPS) is 10.9. The van der Waals surface area contributed by atoms with E-state index in [0.717, 1.165) is 17.9 Å². The van der Waals surface area contributed by atoms with Crippen LogP contribution >= 0.6 is 0 Å². The Kier molecular flexibility index (Phi) is 3.60. The number of rotatable bonds is 3. The van der Waals surface area contributed by atoms with Crippen LogP contribution in [0.1, 0.15) is 42.4 Å². The molecule has 1 heterocycles. The standard InChI is InChI=1S/C15H19N3/c1-10(2)15-13(16)9-17-14(18-15)8-12-6-4-5-11(3)7-12/h4-7,9-10H,8,16H2,1-3H3. The third-order valence-corrected chi connectivity index (χ3v) is 2.89. The van der Waals surface area contributed by atoms with Crippen molar-refractivity contribution < 1.29 is 0 Å². The van der Waals surface area contributed by atoms with E-state index in [9.17, 15) is 0 Å². The van der Waals surface area contributed by atoms with Gasteiger partial charge in [0.25, 0.3) is 0 Å². The van der Waals surface area contributed by atoms with Crippen molar-refractivity contribution in [3.8, 4) is 0 Å². The molecule has 0 unspecified atom stereocenters. The molecule has 1 aromatic heterocycles. The molecular formula is C15H19N3. The van der Waals surface area contributed by atoms with Gasteiger partial charge in [0.1, 0.15) is 5.82 Å². The maximum Gasteiger partial charge on any atom is 0.133 e. The quantitative estimate of drug-likeness (QED) is 0.898. The van der Waals surface area contributed by atoms with E-state index >= 15 is 0 Å². The molecule has 2 rings (SSSR count). The van der Waals surface area contributed by atoms with Gasteiger partial charge in [-0.3, -0.25) is 0 Å². The molecule has 0 aliphatic carbocycles. The summed E-state index contributed by atoms with van der Waals surface area (Å²) in [6, 6.07) is 8.41. The summed E-state index contributed by atoms with van der Waals surface area (Å²) < 4.78 is 0. The molecule has 0 fully saturated rings. The van der Waals surface area contributed by atoms with Gasteiger partial charge in [-0.05, 0) is 18.4 Å². The van der Waals surface area contributed by atoms with Gasteiger partial charge in [-0.25, -0.2) is 9.97 Å². The summed E-state index contributed by atoms with van der Waals surface area (Å²) in [7, 11) is 0. The Morgan fingerprint density at radius 3 is 2.72 bits per heavy atom. The Bertz CT molecular complexity index is 547. The number of hydrogen-bond donors (Lipinski definition) is 1. The Balaban J connectivity index is 2.27. The number of nitrogens with two attached hydrogens (primary N) is 1. The second-order valence-electron chi connectivity index (χ2n) is 4.95. The van der Waals surface area contributed by atoms with Gasteiger partial charge in [-0.1, -0.05) is 43.7 Å². The Morgan fingerprint density at radius 2 is 2.06 bits per heavy atom. The van der Waals surface area contributed by atoms with Crippen LogP contribution in [0.2, 0.25) is 0 Å². The van der Waals surface area contributed by atoms with Gasteiger partial charge >= 0.3 is 0 Å². The van der Waals surface area contributed by atoms with E-state index in [2.05, 4.69) is 55.0 Å². The number of benzene rings is 1. The smallest absolute Gasteiger partial charge is 0.133 e. The molecule has 3 nitrogen and oxygen atoms in total. The largest absolute Gasteiger partial charge is 0.396 e. The fourth-order valence-electron chi connectivity index (χ4n) is 1.99. The molecule has 2 N–H and O–H groups in total. The van der Waals surface area contributed by atoms with Gasteiger partial charge in [-0.2, -0.15) is 0 Å². The van der Waals surface area contributed by atoms with Crippen molar-refractivity contribution in [2.24, 2.45) is 0 Å². The minimum absolute atomic E-state index is 0.323. The number of aromatic nitrogens is 2. The van der Waals surface area contributed by atoms with Crippen LogP contribution in [-0.2, 0) is 6.42 Å². The Labute approximate surface area is 108 Å². The van der Waals surface area contributed by atoms with Crippen molar-refractivity contribution in [3.05, 3.63) is 53.1 Å². The lowest BCUT2D eigenvalue weighted by molar-refractivity contribution is 0.796. The molecule has 2 aromatic rings. The number of aryl methyl sites for hydroxylation is 1. The van der Waals surface area contributed by atoms with Crippen LogP contribution in [-0.4, -0.2) is 9.97 Å². The molecule has 3 heteroatoms. The van der Waals surface area contributed by atoms with Crippen molar-refractivity contribution in [2.75, 3.05) is 5.73 Å². The monoisotopic (exact) mass is 241 g/mol. The molecular weight excluding hydrogens is 222 g/mol. The van der Waals surface area contributed by atoms with E-state index in [1.807, 2.05) is 0 Å². The van der Waals surface area contributed by atoms with Crippen molar-refractivity contribution in [2.45, 2.75) is 33.1 Å². The van der Waals surface area contributed by atoms with Gasteiger partial charge in [0.05, 0.1) is 17.6 Å². The van der Waals surface area contributed by atoms with Gasteiger partial charge in [-0.15, -0.1) is 0 Å². The van der Waals surface area contributed by atoms with Gasteiger partial charge in [0.15, 0.2) is 0 Å². The predicted molar refractivity (Wildman–Crippen MR) is 74.5 cm³/mol. The molecule has 1 aromatic carbocycles. The highest BCUT2D eigenvalue weighted by Gasteiger charge is 2.08. The molecule has 0 atom stereocenters. The first kappa shape index (κ1) is 12.6. The first-order valence-corrected chi connectivity index (χ1v) is 6.23. The lowest BCUT2D eigenvalue weighted by Gasteiger charge is -2.10. The summed E-state index contributed by atoms with van der Waals surface area (Å²) in [6.07, 6.45) is 2.47. The number of hydrogen-bond acceptors (Lipinski definition) is 3. The summed E-state index contributed by atoms with van der Waals surface area (Å²) in [4.78, 5) is 8.87. The lowest BCUT2D eigenvalue weighted by atomic mass is 10.1. The summed E-state index contributed by atoms with van der Waals surface area (Å²) >= 11 is 0. The molecule has 18 heavy (non-hydrogen) atoms.